The van der Waals surface area contributed by atoms with Gasteiger partial charge in [0, 0.05) is 6.42 Å². The molecule has 0 spiro atoms. The van der Waals surface area contributed by atoms with Crippen LogP contribution in [0.1, 0.15) is 54.4 Å². The van der Waals surface area contributed by atoms with Crippen LogP contribution in [-0.2, 0) is 19.1 Å². The third-order valence-electron chi connectivity index (χ3n) is 1.84. The average molecular weight is 273 g/mol. The second-order valence-electron chi connectivity index (χ2n) is 6.45. The Hall–Kier alpha value is -1.10. The van der Waals surface area contributed by atoms with Crippen LogP contribution in [0.2, 0.25) is 0 Å². The highest BCUT2D eigenvalue weighted by Gasteiger charge is 2.16. The lowest BCUT2D eigenvalue weighted by Crippen LogP contribution is -2.32. The molecule has 0 atom stereocenters. The van der Waals surface area contributed by atoms with Gasteiger partial charge in [-0.1, -0.05) is 0 Å². The van der Waals surface area contributed by atoms with E-state index in [1.807, 2.05) is 41.5 Å². The largest absolute Gasteiger partial charge is 0.460 e. The first-order valence-corrected chi connectivity index (χ1v) is 6.64. The van der Waals surface area contributed by atoms with Gasteiger partial charge >= 0.3 is 11.9 Å². The van der Waals surface area contributed by atoms with Crippen molar-refractivity contribution in [3.8, 4) is 0 Å². The van der Waals surface area contributed by atoms with Crippen LogP contribution in [0.25, 0.3) is 0 Å². The van der Waals surface area contributed by atoms with Gasteiger partial charge in [-0.25, -0.2) is 0 Å². The van der Waals surface area contributed by atoms with Crippen LogP contribution in [0.5, 0.6) is 0 Å². The quantitative estimate of drug-likeness (QED) is 0.592. The van der Waals surface area contributed by atoms with Crippen molar-refractivity contribution in [3.05, 3.63) is 0 Å². The van der Waals surface area contributed by atoms with Gasteiger partial charge in [-0.2, -0.15) is 0 Å². The second kappa shape index (κ2) is 7.48. The monoisotopic (exact) mass is 273 g/mol. The highest BCUT2D eigenvalue weighted by atomic mass is 16.6. The van der Waals surface area contributed by atoms with E-state index in [2.05, 4.69) is 5.32 Å². The molecule has 0 fully saturated rings. The molecule has 0 aromatic carbocycles. The molecule has 0 heterocycles. The lowest BCUT2D eigenvalue weighted by Gasteiger charge is -2.20. The lowest BCUT2D eigenvalue weighted by molar-refractivity contribution is -0.155. The minimum atomic E-state index is -0.463. The molecule has 0 aromatic rings. The lowest BCUT2D eigenvalue weighted by atomic mass is 10.2. The molecular formula is C14H27NO4. The summed E-state index contributed by atoms with van der Waals surface area (Å²) in [6.07, 6.45) is 0.982. The summed E-state index contributed by atoms with van der Waals surface area (Å²) in [5.41, 5.74) is -0.906. The number of ether oxygens (including phenoxy) is 2. The molecular weight excluding hydrogens is 246 g/mol. The molecule has 1 N–H and O–H groups in total. The van der Waals surface area contributed by atoms with Crippen LogP contribution in [0.3, 0.4) is 0 Å². The first-order valence-electron chi connectivity index (χ1n) is 6.64. The molecule has 0 unspecified atom stereocenters. The van der Waals surface area contributed by atoms with Gasteiger partial charge in [-0.05, 0) is 54.5 Å². The molecule has 0 aliphatic carbocycles. The maximum absolute atomic E-state index is 11.4. The van der Waals surface area contributed by atoms with Crippen molar-refractivity contribution in [1.29, 1.82) is 0 Å². The van der Waals surface area contributed by atoms with Crippen molar-refractivity contribution >= 4 is 11.9 Å². The number of rotatable bonds is 6. The molecule has 0 aromatic heterocycles. The smallest absolute Gasteiger partial charge is 0.320 e. The maximum atomic E-state index is 11.4. The van der Waals surface area contributed by atoms with E-state index in [9.17, 15) is 9.59 Å². The van der Waals surface area contributed by atoms with Crippen molar-refractivity contribution in [1.82, 2.24) is 5.32 Å². The van der Waals surface area contributed by atoms with Gasteiger partial charge < -0.3 is 14.8 Å². The summed E-state index contributed by atoms with van der Waals surface area (Å²) >= 11 is 0. The normalized spacial score (nSPS) is 12.1. The van der Waals surface area contributed by atoms with Gasteiger partial charge in [0.25, 0.3) is 0 Å². The highest BCUT2D eigenvalue weighted by molar-refractivity contribution is 5.72. The van der Waals surface area contributed by atoms with Crippen LogP contribution in [-0.4, -0.2) is 36.2 Å². The highest BCUT2D eigenvalue weighted by Crippen LogP contribution is 2.09. The van der Waals surface area contributed by atoms with Gasteiger partial charge in [0.2, 0.25) is 0 Å². The van der Waals surface area contributed by atoms with Crippen LogP contribution >= 0.6 is 0 Å². The average Bonchev–Trinajstić information content (AvgIpc) is 2.10. The van der Waals surface area contributed by atoms with Crippen molar-refractivity contribution in [3.63, 3.8) is 0 Å². The Kier molecular flexibility index (Phi) is 7.05. The fourth-order valence-corrected chi connectivity index (χ4v) is 1.32. The summed E-state index contributed by atoms with van der Waals surface area (Å²) in [5.74, 6) is -0.503. The Morgan fingerprint density at radius 3 is 1.84 bits per heavy atom. The molecule has 0 saturated heterocycles. The van der Waals surface area contributed by atoms with Gasteiger partial charge in [-0.15, -0.1) is 0 Å². The summed E-state index contributed by atoms with van der Waals surface area (Å²) in [5, 5.41) is 2.94. The molecule has 0 amide bonds. The number of esters is 2. The molecule has 0 bridgehead atoms. The zero-order chi connectivity index (χ0) is 15.1. The zero-order valence-corrected chi connectivity index (χ0v) is 13.0. The topological polar surface area (TPSA) is 64.6 Å². The van der Waals surface area contributed by atoms with Gasteiger partial charge in [0.05, 0.1) is 6.54 Å². The zero-order valence-electron chi connectivity index (χ0n) is 13.0. The van der Waals surface area contributed by atoms with Crippen molar-refractivity contribution < 1.29 is 19.1 Å². The molecule has 0 aliphatic heterocycles. The Labute approximate surface area is 116 Å². The summed E-state index contributed by atoms with van der Waals surface area (Å²) in [7, 11) is 0. The summed E-state index contributed by atoms with van der Waals surface area (Å²) in [6, 6.07) is 0. The summed E-state index contributed by atoms with van der Waals surface area (Å²) in [6.45, 7) is 11.7. The Morgan fingerprint density at radius 2 is 1.37 bits per heavy atom. The second-order valence-corrected chi connectivity index (χ2v) is 6.45. The van der Waals surface area contributed by atoms with E-state index in [1.54, 1.807) is 0 Å². The molecule has 5 heteroatoms. The molecule has 0 aliphatic rings. The first-order chi connectivity index (χ1) is 8.49. The van der Waals surface area contributed by atoms with E-state index in [4.69, 9.17) is 9.47 Å². The third kappa shape index (κ3) is 13.1. The fraction of sp³-hybridized carbons (Fsp3) is 0.857. The fourth-order valence-electron chi connectivity index (χ4n) is 1.32. The number of carbonyl (C=O) groups excluding carboxylic acids is 2. The predicted octanol–water partition coefficient (Wildman–Crippen LogP) is 2.04. The third-order valence-corrected chi connectivity index (χ3v) is 1.84. The molecule has 0 rings (SSSR count). The van der Waals surface area contributed by atoms with E-state index < -0.39 is 11.2 Å². The van der Waals surface area contributed by atoms with Crippen molar-refractivity contribution in [2.45, 2.75) is 65.6 Å². The van der Waals surface area contributed by atoms with Gasteiger partial charge in [0.15, 0.2) is 0 Å². The molecule has 0 saturated carbocycles. The van der Waals surface area contributed by atoms with Crippen LogP contribution in [0.15, 0.2) is 0 Å². The van der Waals surface area contributed by atoms with E-state index in [0.29, 0.717) is 19.4 Å². The summed E-state index contributed by atoms with van der Waals surface area (Å²) in [4.78, 5) is 22.8. The minimum Gasteiger partial charge on any atom is -0.460 e. The summed E-state index contributed by atoms with van der Waals surface area (Å²) < 4.78 is 10.3. The predicted molar refractivity (Wildman–Crippen MR) is 73.8 cm³/mol. The van der Waals surface area contributed by atoms with Crippen LogP contribution in [0, 0.1) is 0 Å². The van der Waals surface area contributed by atoms with E-state index in [-0.39, 0.29) is 18.5 Å². The van der Waals surface area contributed by atoms with Gasteiger partial charge in [0.1, 0.15) is 11.2 Å². The molecule has 5 nitrogen and oxygen atoms in total. The van der Waals surface area contributed by atoms with Gasteiger partial charge in [-0.3, -0.25) is 9.59 Å². The SMILES string of the molecule is CC(C)(C)OC(=O)CCCNCC(=O)OC(C)(C)C. The van der Waals surface area contributed by atoms with Crippen LogP contribution < -0.4 is 5.32 Å². The maximum Gasteiger partial charge on any atom is 0.320 e. The minimum absolute atomic E-state index is 0.158. The Morgan fingerprint density at radius 1 is 0.895 bits per heavy atom. The van der Waals surface area contributed by atoms with E-state index in [0.717, 1.165) is 0 Å². The number of hydrogen-bond acceptors (Lipinski definition) is 5. The number of carbonyl (C=O) groups is 2. The standard InChI is InChI=1S/C14H27NO4/c1-13(2,3)18-11(16)8-7-9-15-10-12(17)19-14(4,5)6/h15H,7-10H2,1-6H3. The van der Waals surface area contributed by atoms with Crippen LogP contribution in [0.4, 0.5) is 0 Å². The molecule has 0 radical (unpaired) electrons. The molecule has 19 heavy (non-hydrogen) atoms. The number of hydrogen-bond donors (Lipinski definition) is 1. The first kappa shape index (κ1) is 17.9. The Bertz CT molecular complexity index is 270. The number of nitrogens with one attached hydrogen (secondary N) is 1. The van der Waals surface area contributed by atoms with E-state index in [1.165, 1.54) is 0 Å². The molecule has 112 valence electrons. The van der Waals surface area contributed by atoms with Crippen molar-refractivity contribution in [2.75, 3.05) is 13.1 Å². The van der Waals surface area contributed by atoms with Crippen molar-refractivity contribution in [2.24, 2.45) is 0 Å². The van der Waals surface area contributed by atoms with E-state index >= 15 is 0 Å². The Balaban J connectivity index is 3.61.